The summed E-state index contributed by atoms with van der Waals surface area (Å²) in [5, 5.41) is 3.60. The first-order chi connectivity index (χ1) is 14.1. The number of aromatic amines is 1. The number of carbonyl (C=O) groups is 1. The van der Waals surface area contributed by atoms with Crippen molar-refractivity contribution in [1.29, 1.82) is 0 Å². The standard InChI is InChI=1S/C22H24N4O2S/c1-2-25-13-5-6-17(25)14-23-20(27)15-9-11-16(12-10-15)26-21(28)18-7-3-4-8-19(18)24-22(26)29/h3-4,7-12,17H,2,5-6,13-14H2,1H3,(H,23,27)(H,24,29)/t17-/m0/s1. The molecule has 0 saturated carbocycles. The number of likely N-dealkylation sites (N-methyl/N-ethyl adjacent to an activating group) is 1. The second-order valence-corrected chi connectivity index (χ2v) is 7.68. The van der Waals surface area contributed by atoms with Gasteiger partial charge in [-0.1, -0.05) is 19.1 Å². The Bertz CT molecular complexity index is 1150. The van der Waals surface area contributed by atoms with Crippen LogP contribution in [0.15, 0.2) is 53.3 Å². The van der Waals surface area contributed by atoms with Crippen LogP contribution in [-0.4, -0.2) is 46.0 Å². The lowest BCUT2D eigenvalue weighted by Crippen LogP contribution is -2.40. The average molecular weight is 409 g/mol. The van der Waals surface area contributed by atoms with Crippen molar-refractivity contribution < 1.29 is 4.79 Å². The average Bonchev–Trinajstić information content (AvgIpc) is 3.20. The summed E-state index contributed by atoms with van der Waals surface area (Å²) >= 11 is 5.38. The molecule has 0 bridgehead atoms. The molecule has 2 N–H and O–H groups in total. The summed E-state index contributed by atoms with van der Waals surface area (Å²) in [7, 11) is 0. The fourth-order valence-corrected chi connectivity index (χ4v) is 4.31. The Morgan fingerprint density at radius 1 is 1.21 bits per heavy atom. The third kappa shape index (κ3) is 3.88. The summed E-state index contributed by atoms with van der Waals surface area (Å²) < 4.78 is 1.78. The van der Waals surface area contributed by atoms with Gasteiger partial charge in [0.15, 0.2) is 4.77 Å². The number of benzene rings is 2. The molecule has 1 atom stereocenters. The lowest BCUT2D eigenvalue weighted by atomic mass is 10.1. The van der Waals surface area contributed by atoms with Crippen molar-refractivity contribution in [3.63, 3.8) is 0 Å². The van der Waals surface area contributed by atoms with Crippen molar-refractivity contribution in [2.24, 2.45) is 0 Å². The molecule has 0 spiro atoms. The Morgan fingerprint density at radius 2 is 1.97 bits per heavy atom. The van der Waals surface area contributed by atoms with Crippen molar-refractivity contribution in [2.75, 3.05) is 19.6 Å². The predicted molar refractivity (Wildman–Crippen MR) is 117 cm³/mol. The van der Waals surface area contributed by atoms with Crippen LogP contribution < -0.4 is 10.9 Å². The maximum Gasteiger partial charge on any atom is 0.266 e. The minimum Gasteiger partial charge on any atom is -0.350 e. The van der Waals surface area contributed by atoms with Gasteiger partial charge in [-0.15, -0.1) is 0 Å². The van der Waals surface area contributed by atoms with Gasteiger partial charge in [0.2, 0.25) is 0 Å². The smallest absolute Gasteiger partial charge is 0.266 e. The molecule has 2 heterocycles. The molecule has 0 radical (unpaired) electrons. The van der Waals surface area contributed by atoms with Gasteiger partial charge < -0.3 is 10.3 Å². The molecule has 1 aliphatic rings. The molecular weight excluding hydrogens is 384 g/mol. The fourth-order valence-electron chi connectivity index (χ4n) is 4.01. The largest absolute Gasteiger partial charge is 0.350 e. The van der Waals surface area contributed by atoms with Gasteiger partial charge in [0.1, 0.15) is 0 Å². The number of nitrogens with zero attached hydrogens (tertiary/aromatic N) is 2. The van der Waals surface area contributed by atoms with Crippen molar-refractivity contribution in [3.05, 3.63) is 69.2 Å². The van der Waals surface area contributed by atoms with Crippen LogP contribution in [0.5, 0.6) is 0 Å². The highest BCUT2D eigenvalue weighted by Gasteiger charge is 2.23. The maximum absolute atomic E-state index is 12.9. The van der Waals surface area contributed by atoms with E-state index < -0.39 is 0 Å². The molecule has 29 heavy (non-hydrogen) atoms. The number of rotatable bonds is 5. The number of likely N-dealkylation sites (tertiary alicyclic amines) is 1. The van der Waals surface area contributed by atoms with Gasteiger partial charge >= 0.3 is 0 Å². The highest BCUT2D eigenvalue weighted by atomic mass is 32.1. The van der Waals surface area contributed by atoms with Crippen LogP contribution in [0.2, 0.25) is 0 Å². The molecule has 1 amide bonds. The summed E-state index contributed by atoms with van der Waals surface area (Å²) in [6.07, 6.45) is 2.31. The highest BCUT2D eigenvalue weighted by Crippen LogP contribution is 2.16. The maximum atomic E-state index is 12.9. The molecule has 0 unspecified atom stereocenters. The first-order valence-corrected chi connectivity index (χ1v) is 10.4. The summed E-state index contributed by atoms with van der Waals surface area (Å²) in [4.78, 5) is 30.9. The minimum absolute atomic E-state index is 0.101. The van der Waals surface area contributed by atoms with E-state index in [0.717, 1.165) is 19.5 Å². The lowest BCUT2D eigenvalue weighted by molar-refractivity contribution is 0.0941. The number of nitrogens with one attached hydrogen (secondary N) is 2. The quantitative estimate of drug-likeness (QED) is 0.636. The third-order valence-electron chi connectivity index (χ3n) is 5.60. The van der Waals surface area contributed by atoms with Crippen LogP contribution in [0.3, 0.4) is 0 Å². The Labute approximate surface area is 174 Å². The Kier molecular flexibility index (Phi) is 5.60. The number of hydrogen-bond acceptors (Lipinski definition) is 4. The zero-order valence-corrected chi connectivity index (χ0v) is 17.2. The normalized spacial score (nSPS) is 16.9. The van der Waals surface area contributed by atoms with E-state index in [1.165, 1.54) is 11.0 Å². The van der Waals surface area contributed by atoms with Gasteiger partial charge in [-0.3, -0.25) is 19.1 Å². The molecule has 2 aromatic carbocycles. The fraction of sp³-hybridized carbons (Fsp3) is 0.318. The molecule has 1 fully saturated rings. The number of para-hydroxylation sites is 1. The van der Waals surface area contributed by atoms with Crippen molar-refractivity contribution in [1.82, 2.24) is 19.8 Å². The van der Waals surface area contributed by atoms with E-state index in [0.29, 0.717) is 39.5 Å². The van der Waals surface area contributed by atoms with Crippen LogP contribution >= 0.6 is 12.2 Å². The number of aromatic nitrogens is 2. The van der Waals surface area contributed by atoms with Gasteiger partial charge in [-0.05, 0) is 74.5 Å². The second-order valence-electron chi connectivity index (χ2n) is 7.30. The van der Waals surface area contributed by atoms with Crippen molar-refractivity contribution in [2.45, 2.75) is 25.8 Å². The first kappa shape index (κ1) is 19.5. The monoisotopic (exact) mass is 408 g/mol. The Hall–Kier alpha value is -2.77. The van der Waals surface area contributed by atoms with Gasteiger partial charge in [-0.25, -0.2) is 0 Å². The number of hydrogen-bond donors (Lipinski definition) is 2. The number of amides is 1. The van der Waals surface area contributed by atoms with Crippen LogP contribution in [0.1, 0.15) is 30.1 Å². The molecule has 7 heteroatoms. The molecule has 1 aliphatic heterocycles. The van der Waals surface area contributed by atoms with Gasteiger partial charge in [0.05, 0.1) is 16.6 Å². The number of H-pyrrole nitrogens is 1. The topological polar surface area (TPSA) is 70.1 Å². The van der Waals surface area contributed by atoms with E-state index in [2.05, 4.69) is 22.1 Å². The Morgan fingerprint density at radius 3 is 2.72 bits per heavy atom. The SMILES string of the molecule is CCN1CCC[C@H]1CNC(=O)c1ccc(-n2c(=S)[nH]c3ccccc3c2=O)cc1. The molecule has 1 aromatic heterocycles. The van der Waals surface area contributed by atoms with Gasteiger partial charge in [0, 0.05) is 18.2 Å². The van der Waals surface area contributed by atoms with Gasteiger partial charge in [-0.2, -0.15) is 0 Å². The zero-order valence-electron chi connectivity index (χ0n) is 16.4. The summed E-state index contributed by atoms with van der Waals surface area (Å²) in [6, 6.07) is 14.7. The summed E-state index contributed by atoms with van der Waals surface area (Å²) in [5.41, 5.74) is 1.73. The highest BCUT2D eigenvalue weighted by molar-refractivity contribution is 7.71. The van der Waals surface area contributed by atoms with E-state index in [4.69, 9.17) is 12.2 Å². The van der Waals surface area contributed by atoms with Crippen LogP contribution in [-0.2, 0) is 0 Å². The lowest BCUT2D eigenvalue weighted by Gasteiger charge is -2.22. The molecule has 3 aromatic rings. The van der Waals surface area contributed by atoms with Crippen molar-refractivity contribution >= 4 is 29.0 Å². The van der Waals surface area contributed by atoms with E-state index >= 15 is 0 Å². The molecule has 150 valence electrons. The Balaban J connectivity index is 1.54. The van der Waals surface area contributed by atoms with E-state index in [1.54, 1.807) is 30.3 Å². The molecule has 1 saturated heterocycles. The molecule has 0 aliphatic carbocycles. The van der Waals surface area contributed by atoms with Crippen molar-refractivity contribution in [3.8, 4) is 5.69 Å². The van der Waals surface area contributed by atoms with E-state index in [9.17, 15) is 9.59 Å². The molecule has 4 rings (SSSR count). The predicted octanol–water partition coefficient (Wildman–Crippen LogP) is 3.26. The van der Waals surface area contributed by atoms with E-state index in [1.807, 2.05) is 18.2 Å². The minimum atomic E-state index is -0.178. The molecular formula is C22H24N4O2S. The van der Waals surface area contributed by atoms with Crippen LogP contribution in [0.4, 0.5) is 0 Å². The van der Waals surface area contributed by atoms with Crippen LogP contribution in [0, 0.1) is 4.77 Å². The van der Waals surface area contributed by atoms with Crippen LogP contribution in [0.25, 0.3) is 16.6 Å². The zero-order chi connectivity index (χ0) is 20.4. The first-order valence-electron chi connectivity index (χ1n) is 9.95. The number of fused-ring (bicyclic) bond motifs is 1. The number of carbonyl (C=O) groups excluding carboxylic acids is 1. The second kappa shape index (κ2) is 8.31. The molecule has 6 nitrogen and oxygen atoms in total. The summed E-state index contributed by atoms with van der Waals surface area (Å²) in [6.45, 7) is 4.92. The van der Waals surface area contributed by atoms with E-state index in [-0.39, 0.29) is 11.5 Å². The third-order valence-corrected chi connectivity index (χ3v) is 5.88. The summed E-state index contributed by atoms with van der Waals surface area (Å²) in [5.74, 6) is -0.101. The van der Waals surface area contributed by atoms with Gasteiger partial charge in [0.25, 0.3) is 11.5 Å².